The second kappa shape index (κ2) is 5.22. The number of H-pyrrole nitrogens is 1. The quantitative estimate of drug-likeness (QED) is 0.805. The van der Waals surface area contributed by atoms with E-state index in [4.69, 9.17) is 0 Å². The third kappa shape index (κ3) is 3.19. The maximum atomic E-state index is 11.7. The summed E-state index contributed by atoms with van der Waals surface area (Å²) in [6.45, 7) is -0.205. The van der Waals surface area contributed by atoms with Crippen molar-refractivity contribution >= 4 is 27.5 Å². The van der Waals surface area contributed by atoms with E-state index in [1.807, 2.05) is 0 Å². The molecule has 2 aromatic rings. The second-order valence-electron chi connectivity index (χ2n) is 3.82. The fourth-order valence-corrected chi connectivity index (χ4v) is 1.79. The smallest absolute Gasteiger partial charge is 0.322 e. The van der Waals surface area contributed by atoms with Gasteiger partial charge < -0.3 is 5.32 Å². The summed E-state index contributed by atoms with van der Waals surface area (Å²) in [6, 6.07) is 0. The van der Waals surface area contributed by atoms with E-state index in [0.717, 1.165) is 4.57 Å². The molecule has 0 atom stereocenters. The molecule has 0 aliphatic carbocycles. The maximum absolute atomic E-state index is 11.7. The van der Waals surface area contributed by atoms with Gasteiger partial charge in [-0.2, -0.15) is 5.10 Å². The van der Waals surface area contributed by atoms with Crippen LogP contribution in [0.25, 0.3) is 0 Å². The van der Waals surface area contributed by atoms with Gasteiger partial charge in [0.05, 0.1) is 16.4 Å². The van der Waals surface area contributed by atoms with Gasteiger partial charge in [-0.1, -0.05) is 0 Å². The molecule has 0 saturated carbocycles. The number of hydrogen-bond acceptors (Lipinski definition) is 4. The van der Waals surface area contributed by atoms with Crippen LogP contribution in [0.15, 0.2) is 32.7 Å². The number of anilines is 1. The topological polar surface area (TPSA) is 102 Å². The van der Waals surface area contributed by atoms with Crippen LogP contribution in [0.5, 0.6) is 0 Å². The summed E-state index contributed by atoms with van der Waals surface area (Å²) in [6.07, 6.45) is 4.39. The van der Waals surface area contributed by atoms with Gasteiger partial charge in [-0.25, -0.2) is 4.79 Å². The molecule has 0 bridgehead atoms. The zero-order valence-electron chi connectivity index (χ0n) is 9.88. The molecule has 2 N–H and O–H groups in total. The number of nitrogens with one attached hydrogen (secondary N) is 2. The standard InChI is InChI=1S/C10H10BrN5O3/c1-15-3-6(2-12-15)13-8(17)5-16-4-7(11)9(18)14-10(16)19/h2-4H,5H2,1H3,(H,13,17)(H,14,18,19). The first kappa shape index (κ1) is 13.3. The third-order valence-electron chi connectivity index (χ3n) is 2.27. The van der Waals surface area contributed by atoms with Gasteiger partial charge in [0, 0.05) is 19.4 Å². The van der Waals surface area contributed by atoms with Crippen molar-refractivity contribution in [2.45, 2.75) is 6.54 Å². The number of aromatic nitrogens is 4. The highest BCUT2D eigenvalue weighted by atomic mass is 79.9. The van der Waals surface area contributed by atoms with Crippen molar-refractivity contribution in [3.8, 4) is 0 Å². The second-order valence-corrected chi connectivity index (χ2v) is 4.67. The predicted molar refractivity (Wildman–Crippen MR) is 70.9 cm³/mol. The molecule has 0 saturated heterocycles. The van der Waals surface area contributed by atoms with Crippen molar-refractivity contribution in [2.75, 3.05) is 5.32 Å². The van der Waals surface area contributed by atoms with Crippen LogP contribution in [-0.2, 0) is 18.4 Å². The fraction of sp³-hybridized carbons (Fsp3) is 0.200. The van der Waals surface area contributed by atoms with Crippen molar-refractivity contribution in [3.63, 3.8) is 0 Å². The van der Waals surface area contributed by atoms with Crippen molar-refractivity contribution in [3.05, 3.63) is 43.9 Å². The highest BCUT2D eigenvalue weighted by Crippen LogP contribution is 2.03. The van der Waals surface area contributed by atoms with Crippen molar-refractivity contribution < 1.29 is 4.79 Å². The number of amides is 1. The molecule has 0 aliphatic heterocycles. The lowest BCUT2D eigenvalue weighted by Crippen LogP contribution is -2.33. The largest absolute Gasteiger partial charge is 0.328 e. The van der Waals surface area contributed by atoms with Crippen LogP contribution >= 0.6 is 15.9 Å². The normalized spacial score (nSPS) is 10.4. The van der Waals surface area contributed by atoms with Crippen LogP contribution in [0.1, 0.15) is 0 Å². The Morgan fingerprint density at radius 1 is 1.47 bits per heavy atom. The van der Waals surface area contributed by atoms with E-state index in [1.54, 1.807) is 17.9 Å². The van der Waals surface area contributed by atoms with E-state index in [-0.39, 0.29) is 11.0 Å². The van der Waals surface area contributed by atoms with Gasteiger partial charge in [0.1, 0.15) is 6.54 Å². The molecular formula is C10H10BrN5O3. The first-order valence-electron chi connectivity index (χ1n) is 5.23. The summed E-state index contributed by atoms with van der Waals surface area (Å²) >= 11 is 2.99. The minimum absolute atomic E-state index is 0.182. The number of rotatable bonds is 3. The number of halogens is 1. The number of carbonyl (C=O) groups excluding carboxylic acids is 1. The van der Waals surface area contributed by atoms with Crippen LogP contribution in [0.4, 0.5) is 5.69 Å². The molecule has 0 unspecified atom stereocenters. The van der Waals surface area contributed by atoms with Gasteiger partial charge in [-0.05, 0) is 15.9 Å². The Bertz CT molecular complexity index is 729. The molecule has 1 amide bonds. The Balaban J connectivity index is 2.13. The highest BCUT2D eigenvalue weighted by Gasteiger charge is 2.08. The molecule has 2 aromatic heterocycles. The summed E-state index contributed by atoms with van der Waals surface area (Å²) in [5, 5.41) is 6.48. The van der Waals surface area contributed by atoms with E-state index in [2.05, 4.69) is 31.3 Å². The molecular weight excluding hydrogens is 318 g/mol. The van der Waals surface area contributed by atoms with Crippen molar-refractivity contribution in [1.82, 2.24) is 19.3 Å². The zero-order chi connectivity index (χ0) is 14.0. The molecule has 0 spiro atoms. The van der Waals surface area contributed by atoms with Gasteiger partial charge in [0.25, 0.3) is 5.56 Å². The van der Waals surface area contributed by atoms with Crippen molar-refractivity contribution in [1.29, 1.82) is 0 Å². The molecule has 100 valence electrons. The molecule has 2 rings (SSSR count). The molecule has 0 aromatic carbocycles. The van der Waals surface area contributed by atoms with Gasteiger partial charge in [-0.3, -0.25) is 23.8 Å². The Morgan fingerprint density at radius 3 is 2.84 bits per heavy atom. The van der Waals surface area contributed by atoms with E-state index >= 15 is 0 Å². The third-order valence-corrected chi connectivity index (χ3v) is 2.83. The maximum Gasteiger partial charge on any atom is 0.328 e. The number of aromatic amines is 1. The minimum atomic E-state index is -0.644. The van der Waals surface area contributed by atoms with E-state index in [9.17, 15) is 14.4 Å². The summed E-state index contributed by atoms with van der Waals surface area (Å²) in [7, 11) is 1.72. The number of nitrogens with zero attached hydrogens (tertiary/aromatic N) is 3. The Hall–Kier alpha value is -2.16. The molecule has 2 heterocycles. The van der Waals surface area contributed by atoms with E-state index < -0.39 is 17.2 Å². The predicted octanol–water partition coefficient (Wildman–Crippen LogP) is -0.329. The van der Waals surface area contributed by atoms with Gasteiger partial charge >= 0.3 is 5.69 Å². The van der Waals surface area contributed by atoms with E-state index in [0.29, 0.717) is 5.69 Å². The minimum Gasteiger partial charge on any atom is -0.322 e. The van der Waals surface area contributed by atoms with Gasteiger partial charge in [0.2, 0.25) is 5.91 Å². The van der Waals surface area contributed by atoms with Crippen molar-refractivity contribution in [2.24, 2.45) is 7.05 Å². The van der Waals surface area contributed by atoms with Crippen LogP contribution in [0, 0.1) is 0 Å². The number of aryl methyl sites for hydroxylation is 1. The lowest BCUT2D eigenvalue weighted by atomic mass is 10.5. The lowest BCUT2D eigenvalue weighted by Gasteiger charge is -2.05. The molecule has 0 radical (unpaired) electrons. The molecule has 0 fully saturated rings. The Morgan fingerprint density at radius 2 is 2.21 bits per heavy atom. The highest BCUT2D eigenvalue weighted by molar-refractivity contribution is 9.10. The lowest BCUT2D eigenvalue weighted by molar-refractivity contribution is -0.116. The van der Waals surface area contributed by atoms with E-state index in [1.165, 1.54) is 12.4 Å². The average molecular weight is 328 g/mol. The monoisotopic (exact) mass is 327 g/mol. The Labute approximate surface area is 115 Å². The van der Waals surface area contributed by atoms with Crippen LogP contribution in [-0.4, -0.2) is 25.2 Å². The van der Waals surface area contributed by atoms with Crippen LogP contribution in [0.2, 0.25) is 0 Å². The summed E-state index contributed by atoms with van der Waals surface area (Å²) in [4.78, 5) is 36.4. The number of hydrogen-bond donors (Lipinski definition) is 2. The number of carbonyl (C=O) groups is 1. The average Bonchev–Trinajstić information content (AvgIpc) is 2.71. The zero-order valence-corrected chi connectivity index (χ0v) is 11.5. The molecule has 9 heteroatoms. The molecule has 0 aliphatic rings. The summed E-state index contributed by atoms with van der Waals surface area (Å²) in [5.41, 5.74) is -0.646. The van der Waals surface area contributed by atoms with Gasteiger partial charge in [-0.15, -0.1) is 0 Å². The SMILES string of the molecule is Cn1cc(NC(=O)Cn2cc(Br)c(=O)[nH]c2=O)cn1. The van der Waals surface area contributed by atoms with Crippen LogP contribution < -0.4 is 16.6 Å². The first-order chi connectivity index (χ1) is 8.95. The summed E-state index contributed by atoms with van der Waals surface area (Å²) in [5.74, 6) is -0.394. The molecule has 19 heavy (non-hydrogen) atoms. The van der Waals surface area contributed by atoms with Crippen LogP contribution in [0.3, 0.4) is 0 Å². The first-order valence-corrected chi connectivity index (χ1v) is 6.03. The summed E-state index contributed by atoms with van der Waals surface area (Å²) < 4.78 is 2.82. The Kier molecular flexibility index (Phi) is 3.65. The molecule has 8 nitrogen and oxygen atoms in total. The van der Waals surface area contributed by atoms with Gasteiger partial charge in [0.15, 0.2) is 0 Å². The fourth-order valence-electron chi connectivity index (χ4n) is 1.44.